The predicted molar refractivity (Wildman–Crippen MR) is 124 cm³/mol. The minimum absolute atomic E-state index is 0.952. The average molecular weight is 356 g/mol. The fraction of sp³-hybridized carbons (Fsp3) is 0. The molecule has 0 aliphatic rings. The average Bonchev–Trinajstić information content (AvgIpc) is 2.76. The molecular formula is C28H20. The molecule has 0 heteroatoms. The van der Waals surface area contributed by atoms with Gasteiger partial charge in [0.2, 0.25) is 0 Å². The Kier molecular flexibility index (Phi) is 3.84. The standard InChI is InChI=1S/C28H20/c1-3-19(2)21-9-11-25-18-28-16-24(12-13-26(28)17-27(25)14-21)23-10-8-20-6-4-5-7-22(20)15-23/h3-18H,1-2H2. The molecule has 132 valence electrons. The minimum atomic E-state index is 0.952. The van der Waals surface area contributed by atoms with Crippen LogP contribution in [-0.4, -0.2) is 0 Å². The Labute approximate surface area is 165 Å². The van der Waals surface area contributed by atoms with Gasteiger partial charge in [0, 0.05) is 0 Å². The fourth-order valence-electron chi connectivity index (χ4n) is 3.86. The van der Waals surface area contributed by atoms with Crippen LogP contribution in [0.3, 0.4) is 0 Å². The Bertz CT molecular complexity index is 1390. The van der Waals surface area contributed by atoms with Gasteiger partial charge in [-0.15, -0.1) is 0 Å². The molecule has 0 aromatic heterocycles. The van der Waals surface area contributed by atoms with Crippen molar-refractivity contribution < 1.29 is 0 Å². The van der Waals surface area contributed by atoms with Crippen LogP contribution in [0, 0.1) is 0 Å². The van der Waals surface area contributed by atoms with Gasteiger partial charge in [-0.2, -0.15) is 0 Å². The van der Waals surface area contributed by atoms with Crippen molar-refractivity contribution in [3.8, 4) is 11.1 Å². The normalized spacial score (nSPS) is 11.1. The van der Waals surface area contributed by atoms with E-state index in [1.54, 1.807) is 6.08 Å². The Morgan fingerprint density at radius 1 is 0.536 bits per heavy atom. The van der Waals surface area contributed by atoms with Crippen molar-refractivity contribution in [1.82, 2.24) is 0 Å². The summed E-state index contributed by atoms with van der Waals surface area (Å²) >= 11 is 0. The fourth-order valence-corrected chi connectivity index (χ4v) is 3.86. The highest BCUT2D eigenvalue weighted by atomic mass is 14.1. The summed E-state index contributed by atoms with van der Waals surface area (Å²) in [6, 6.07) is 32.9. The molecule has 5 aromatic rings. The molecule has 0 aliphatic heterocycles. The maximum absolute atomic E-state index is 4.06. The SMILES string of the molecule is C=CC(=C)c1ccc2cc3cc(-c4ccc5ccccc5c4)ccc3cc2c1. The highest BCUT2D eigenvalue weighted by Crippen LogP contribution is 2.31. The van der Waals surface area contributed by atoms with Gasteiger partial charge >= 0.3 is 0 Å². The number of allylic oxidation sites excluding steroid dienone is 2. The van der Waals surface area contributed by atoms with Gasteiger partial charge in [-0.3, -0.25) is 0 Å². The second-order valence-electron chi connectivity index (χ2n) is 7.27. The van der Waals surface area contributed by atoms with Gasteiger partial charge in [0.05, 0.1) is 0 Å². The molecule has 0 radical (unpaired) electrons. The maximum Gasteiger partial charge on any atom is -0.0171 e. The van der Waals surface area contributed by atoms with Crippen LogP contribution in [0.25, 0.3) is 49.0 Å². The first-order chi connectivity index (χ1) is 13.7. The van der Waals surface area contributed by atoms with Crippen LogP contribution in [0.1, 0.15) is 5.56 Å². The summed E-state index contributed by atoms with van der Waals surface area (Å²) in [7, 11) is 0. The Hall–Kier alpha value is -3.64. The third-order valence-corrected chi connectivity index (χ3v) is 5.50. The molecule has 0 saturated carbocycles. The first-order valence-corrected chi connectivity index (χ1v) is 9.50. The molecular weight excluding hydrogens is 336 g/mol. The predicted octanol–water partition coefficient (Wildman–Crippen LogP) is 8.01. The van der Waals surface area contributed by atoms with Crippen molar-refractivity contribution >= 4 is 37.9 Å². The monoisotopic (exact) mass is 356 g/mol. The van der Waals surface area contributed by atoms with Gasteiger partial charge in [0.25, 0.3) is 0 Å². The summed E-state index contributed by atoms with van der Waals surface area (Å²) in [4.78, 5) is 0. The molecule has 0 bridgehead atoms. The second kappa shape index (κ2) is 6.51. The number of hydrogen-bond acceptors (Lipinski definition) is 0. The van der Waals surface area contributed by atoms with E-state index in [9.17, 15) is 0 Å². The molecule has 0 atom stereocenters. The van der Waals surface area contributed by atoms with Crippen molar-refractivity contribution in [2.75, 3.05) is 0 Å². The van der Waals surface area contributed by atoms with E-state index in [4.69, 9.17) is 0 Å². The van der Waals surface area contributed by atoms with E-state index in [1.807, 2.05) is 0 Å². The van der Waals surface area contributed by atoms with Crippen LogP contribution < -0.4 is 0 Å². The molecule has 0 unspecified atom stereocenters. The van der Waals surface area contributed by atoms with Crippen LogP contribution in [0.2, 0.25) is 0 Å². The largest absolute Gasteiger partial charge is 0.0985 e. The topological polar surface area (TPSA) is 0 Å². The first-order valence-electron chi connectivity index (χ1n) is 9.50. The number of benzene rings is 5. The van der Waals surface area contributed by atoms with Gasteiger partial charge in [0.15, 0.2) is 0 Å². The van der Waals surface area contributed by atoms with Crippen molar-refractivity contribution in [1.29, 1.82) is 0 Å². The first kappa shape index (κ1) is 16.5. The molecule has 0 spiro atoms. The van der Waals surface area contributed by atoms with E-state index in [1.165, 1.54) is 43.4 Å². The molecule has 0 amide bonds. The lowest BCUT2D eigenvalue weighted by Gasteiger charge is -2.09. The Morgan fingerprint density at radius 2 is 1.07 bits per heavy atom. The molecule has 5 aromatic carbocycles. The molecule has 0 saturated heterocycles. The van der Waals surface area contributed by atoms with Crippen LogP contribution in [-0.2, 0) is 0 Å². The zero-order valence-corrected chi connectivity index (χ0v) is 15.7. The van der Waals surface area contributed by atoms with Crippen molar-refractivity contribution in [2.45, 2.75) is 0 Å². The van der Waals surface area contributed by atoms with E-state index in [0.717, 1.165) is 11.1 Å². The van der Waals surface area contributed by atoms with Crippen molar-refractivity contribution in [2.24, 2.45) is 0 Å². The van der Waals surface area contributed by atoms with E-state index < -0.39 is 0 Å². The van der Waals surface area contributed by atoms with E-state index in [-0.39, 0.29) is 0 Å². The number of hydrogen-bond donors (Lipinski definition) is 0. The van der Waals surface area contributed by atoms with Crippen molar-refractivity contribution in [3.63, 3.8) is 0 Å². The second-order valence-corrected chi connectivity index (χ2v) is 7.27. The molecule has 0 aliphatic carbocycles. The molecule has 0 fully saturated rings. The summed E-state index contributed by atoms with van der Waals surface area (Å²) in [6.07, 6.45) is 1.80. The third kappa shape index (κ3) is 2.80. The molecule has 28 heavy (non-hydrogen) atoms. The van der Waals surface area contributed by atoms with Gasteiger partial charge in [0.1, 0.15) is 0 Å². The van der Waals surface area contributed by atoms with Crippen LogP contribution >= 0.6 is 0 Å². The Morgan fingerprint density at radius 3 is 1.79 bits per heavy atom. The quantitative estimate of drug-likeness (QED) is 0.227. The molecule has 0 N–H and O–H groups in total. The van der Waals surface area contributed by atoms with E-state index >= 15 is 0 Å². The molecule has 5 rings (SSSR count). The zero-order valence-electron chi connectivity index (χ0n) is 15.7. The van der Waals surface area contributed by atoms with Gasteiger partial charge in [-0.05, 0) is 84.9 Å². The van der Waals surface area contributed by atoms with E-state index in [2.05, 4.69) is 104 Å². The number of rotatable bonds is 3. The highest BCUT2D eigenvalue weighted by Gasteiger charge is 2.05. The van der Waals surface area contributed by atoms with Crippen LogP contribution in [0.5, 0.6) is 0 Å². The lowest BCUT2D eigenvalue weighted by Crippen LogP contribution is -1.83. The summed E-state index contributed by atoms with van der Waals surface area (Å²) in [5.74, 6) is 0. The molecule has 0 heterocycles. The van der Waals surface area contributed by atoms with Gasteiger partial charge < -0.3 is 0 Å². The summed E-state index contributed by atoms with van der Waals surface area (Å²) < 4.78 is 0. The van der Waals surface area contributed by atoms with Gasteiger partial charge in [-0.1, -0.05) is 79.9 Å². The molecule has 0 nitrogen and oxygen atoms in total. The van der Waals surface area contributed by atoms with Crippen LogP contribution in [0.4, 0.5) is 0 Å². The minimum Gasteiger partial charge on any atom is -0.0985 e. The van der Waals surface area contributed by atoms with Gasteiger partial charge in [-0.25, -0.2) is 0 Å². The summed E-state index contributed by atoms with van der Waals surface area (Å²) in [5.41, 5.74) is 4.57. The lowest BCUT2D eigenvalue weighted by molar-refractivity contribution is 1.67. The maximum atomic E-state index is 4.06. The lowest BCUT2D eigenvalue weighted by atomic mass is 9.96. The highest BCUT2D eigenvalue weighted by molar-refractivity contribution is 6.01. The Balaban J connectivity index is 1.64. The number of fused-ring (bicyclic) bond motifs is 3. The van der Waals surface area contributed by atoms with Crippen molar-refractivity contribution in [3.05, 3.63) is 116 Å². The summed E-state index contributed by atoms with van der Waals surface area (Å²) in [5, 5.41) is 7.52. The third-order valence-electron chi connectivity index (χ3n) is 5.50. The smallest absolute Gasteiger partial charge is 0.0171 e. The zero-order chi connectivity index (χ0) is 19.1. The summed E-state index contributed by atoms with van der Waals surface area (Å²) in [6.45, 7) is 7.89. The van der Waals surface area contributed by atoms with Crippen LogP contribution in [0.15, 0.2) is 110 Å². The van der Waals surface area contributed by atoms with E-state index in [0.29, 0.717) is 0 Å².